The van der Waals surface area contributed by atoms with E-state index in [4.69, 9.17) is 9.15 Å². The van der Waals surface area contributed by atoms with Crippen LogP contribution in [0.5, 0.6) is 5.75 Å². The van der Waals surface area contributed by atoms with Crippen molar-refractivity contribution >= 4 is 15.9 Å². The highest BCUT2D eigenvalue weighted by atomic mass is 79.9. The average Bonchev–Trinajstić information content (AvgIpc) is 2.91. The normalized spacial score (nSPS) is 12.4. The Morgan fingerprint density at radius 2 is 2.22 bits per heavy atom. The Morgan fingerprint density at radius 3 is 2.89 bits per heavy atom. The van der Waals surface area contributed by atoms with Gasteiger partial charge < -0.3 is 14.5 Å². The van der Waals surface area contributed by atoms with E-state index >= 15 is 0 Å². The van der Waals surface area contributed by atoms with Crippen molar-refractivity contribution < 1.29 is 9.15 Å². The van der Waals surface area contributed by atoms with Crippen LogP contribution in [0.25, 0.3) is 0 Å². The van der Waals surface area contributed by atoms with Crippen molar-refractivity contribution in [2.24, 2.45) is 0 Å². The molecule has 4 heteroatoms. The van der Waals surface area contributed by atoms with Crippen molar-refractivity contribution in [1.29, 1.82) is 0 Å². The van der Waals surface area contributed by atoms with Gasteiger partial charge in [0.25, 0.3) is 0 Å². The first-order valence-corrected chi connectivity index (χ1v) is 6.59. The van der Waals surface area contributed by atoms with E-state index in [1.54, 1.807) is 13.4 Å². The third-order valence-corrected chi connectivity index (χ3v) is 3.60. The molecular weight excluding hydrogens is 294 g/mol. The topological polar surface area (TPSA) is 34.4 Å². The van der Waals surface area contributed by atoms with Gasteiger partial charge in [-0.3, -0.25) is 0 Å². The van der Waals surface area contributed by atoms with Gasteiger partial charge in [-0.25, -0.2) is 0 Å². The zero-order valence-corrected chi connectivity index (χ0v) is 12.0. The van der Waals surface area contributed by atoms with Crippen LogP contribution in [0, 0.1) is 0 Å². The molecule has 2 rings (SSSR count). The molecule has 96 valence electrons. The van der Waals surface area contributed by atoms with Gasteiger partial charge in [-0.15, -0.1) is 0 Å². The Hall–Kier alpha value is -1.26. The maximum Gasteiger partial charge on any atom is 0.120 e. The fourth-order valence-corrected chi connectivity index (χ4v) is 2.10. The van der Waals surface area contributed by atoms with Crippen LogP contribution in [0.15, 0.2) is 45.5 Å². The van der Waals surface area contributed by atoms with E-state index in [0.717, 1.165) is 28.1 Å². The zero-order valence-electron chi connectivity index (χ0n) is 10.4. The zero-order chi connectivity index (χ0) is 13.0. The van der Waals surface area contributed by atoms with Gasteiger partial charge in [-0.05, 0) is 42.8 Å². The quantitative estimate of drug-likeness (QED) is 0.909. The number of hydrogen-bond donors (Lipinski definition) is 1. The molecule has 1 N–H and O–H groups in total. The summed E-state index contributed by atoms with van der Waals surface area (Å²) in [6, 6.07) is 9.99. The Bertz CT molecular complexity index is 497. The van der Waals surface area contributed by atoms with Crippen LogP contribution in [0.4, 0.5) is 0 Å². The van der Waals surface area contributed by atoms with E-state index in [-0.39, 0.29) is 6.04 Å². The number of furan rings is 1. The molecule has 18 heavy (non-hydrogen) atoms. The summed E-state index contributed by atoms with van der Waals surface area (Å²) >= 11 is 3.54. The Morgan fingerprint density at radius 1 is 1.39 bits per heavy atom. The molecule has 0 aliphatic heterocycles. The Labute approximate surface area is 115 Å². The standard InChI is InChI=1S/C14H16BrNO2/c1-10(14-4-3-7-18-14)16-9-11-8-12(17-2)5-6-13(11)15/h3-8,10,16H,9H2,1-2H3/t10-/m0/s1. The van der Waals surface area contributed by atoms with Crippen LogP contribution in [-0.2, 0) is 6.54 Å². The number of halogens is 1. The monoisotopic (exact) mass is 309 g/mol. The maximum absolute atomic E-state index is 5.36. The van der Waals surface area contributed by atoms with E-state index in [9.17, 15) is 0 Å². The van der Waals surface area contributed by atoms with Crippen molar-refractivity contribution in [3.63, 3.8) is 0 Å². The molecule has 0 radical (unpaired) electrons. The first-order valence-electron chi connectivity index (χ1n) is 5.80. The lowest BCUT2D eigenvalue weighted by molar-refractivity contribution is 0.412. The summed E-state index contributed by atoms with van der Waals surface area (Å²) in [6.07, 6.45) is 1.69. The third kappa shape index (κ3) is 3.15. The van der Waals surface area contributed by atoms with E-state index in [0.29, 0.717) is 0 Å². The summed E-state index contributed by atoms with van der Waals surface area (Å²) < 4.78 is 11.7. The second kappa shape index (κ2) is 6.07. The molecule has 0 amide bonds. The minimum atomic E-state index is 0.179. The SMILES string of the molecule is COc1ccc(Br)c(CN[C@@H](C)c2ccco2)c1. The fraction of sp³-hybridized carbons (Fsp3) is 0.286. The van der Waals surface area contributed by atoms with E-state index < -0.39 is 0 Å². The summed E-state index contributed by atoms with van der Waals surface area (Å²) in [4.78, 5) is 0. The molecule has 1 heterocycles. The van der Waals surface area contributed by atoms with Crippen molar-refractivity contribution in [3.8, 4) is 5.75 Å². The molecule has 1 aromatic heterocycles. The van der Waals surface area contributed by atoms with Crippen molar-refractivity contribution in [1.82, 2.24) is 5.32 Å². The Balaban J connectivity index is 2.01. The minimum absolute atomic E-state index is 0.179. The minimum Gasteiger partial charge on any atom is -0.497 e. The van der Waals surface area contributed by atoms with Gasteiger partial charge in [0, 0.05) is 11.0 Å². The second-order valence-corrected chi connectivity index (χ2v) is 4.93. The van der Waals surface area contributed by atoms with Gasteiger partial charge >= 0.3 is 0 Å². The molecule has 0 fully saturated rings. The summed E-state index contributed by atoms with van der Waals surface area (Å²) in [5, 5.41) is 3.41. The predicted molar refractivity (Wildman–Crippen MR) is 74.7 cm³/mol. The van der Waals surface area contributed by atoms with E-state index in [1.807, 2.05) is 30.3 Å². The van der Waals surface area contributed by atoms with Crippen molar-refractivity contribution in [2.45, 2.75) is 19.5 Å². The van der Waals surface area contributed by atoms with E-state index in [2.05, 4.69) is 28.2 Å². The highest BCUT2D eigenvalue weighted by molar-refractivity contribution is 9.10. The number of ether oxygens (including phenoxy) is 1. The molecule has 0 saturated carbocycles. The van der Waals surface area contributed by atoms with Crippen LogP contribution >= 0.6 is 15.9 Å². The van der Waals surface area contributed by atoms with Crippen molar-refractivity contribution in [2.75, 3.05) is 7.11 Å². The third-order valence-electron chi connectivity index (χ3n) is 2.82. The van der Waals surface area contributed by atoms with Gasteiger partial charge in [-0.1, -0.05) is 15.9 Å². The molecule has 0 aliphatic rings. The first-order chi connectivity index (χ1) is 8.70. The first kappa shape index (κ1) is 13.2. The highest BCUT2D eigenvalue weighted by Gasteiger charge is 2.09. The van der Waals surface area contributed by atoms with Gasteiger partial charge in [-0.2, -0.15) is 0 Å². The van der Waals surface area contributed by atoms with Crippen LogP contribution in [0.2, 0.25) is 0 Å². The molecule has 0 saturated heterocycles. The Kier molecular flexibility index (Phi) is 4.44. The van der Waals surface area contributed by atoms with Crippen molar-refractivity contribution in [3.05, 3.63) is 52.4 Å². The summed E-state index contributed by atoms with van der Waals surface area (Å²) in [7, 11) is 1.67. The fourth-order valence-electron chi connectivity index (χ4n) is 1.71. The molecule has 0 unspecified atom stereocenters. The number of benzene rings is 1. The molecular formula is C14H16BrNO2. The number of methoxy groups -OCH3 is 1. The summed E-state index contributed by atoms with van der Waals surface area (Å²) in [6.45, 7) is 2.83. The number of hydrogen-bond acceptors (Lipinski definition) is 3. The molecule has 1 atom stereocenters. The van der Waals surface area contributed by atoms with Crippen LogP contribution < -0.4 is 10.1 Å². The van der Waals surface area contributed by atoms with Crippen LogP contribution in [-0.4, -0.2) is 7.11 Å². The van der Waals surface area contributed by atoms with Crippen LogP contribution in [0.1, 0.15) is 24.3 Å². The smallest absolute Gasteiger partial charge is 0.120 e. The lowest BCUT2D eigenvalue weighted by atomic mass is 10.2. The number of rotatable bonds is 5. The lowest BCUT2D eigenvalue weighted by Crippen LogP contribution is -2.17. The molecule has 0 spiro atoms. The largest absolute Gasteiger partial charge is 0.497 e. The van der Waals surface area contributed by atoms with Gasteiger partial charge in [0.05, 0.1) is 19.4 Å². The number of nitrogens with one attached hydrogen (secondary N) is 1. The second-order valence-electron chi connectivity index (χ2n) is 4.08. The van der Waals surface area contributed by atoms with Gasteiger partial charge in [0.15, 0.2) is 0 Å². The molecule has 1 aromatic carbocycles. The molecule has 3 nitrogen and oxygen atoms in total. The summed E-state index contributed by atoms with van der Waals surface area (Å²) in [5.74, 6) is 1.80. The summed E-state index contributed by atoms with van der Waals surface area (Å²) in [5.41, 5.74) is 1.16. The highest BCUT2D eigenvalue weighted by Crippen LogP contribution is 2.23. The molecule has 2 aromatic rings. The van der Waals surface area contributed by atoms with Gasteiger partial charge in [0.2, 0.25) is 0 Å². The molecule has 0 aliphatic carbocycles. The van der Waals surface area contributed by atoms with E-state index in [1.165, 1.54) is 0 Å². The maximum atomic E-state index is 5.36. The lowest BCUT2D eigenvalue weighted by Gasteiger charge is -2.13. The molecule has 0 bridgehead atoms. The van der Waals surface area contributed by atoms with Gasteiger partial charge in [0.1, 0.15) is 11.5 Å². The predicted octanol–water partition coefficient (Wildman–Crippen LogP) is 3.90. The van der Waals surface area contributed by atoms with Crippen LogP contribution in [0.3, 0.4) is 0 Å². The average molecular weight is 310 g/mol.